The van der Waals surface area contributed by atoms with Crippen LogP contribution >= 0.6 is 12.4 Å². The summed E-state index contributed by atoms with van der Waals surface area (Å²) in [6, 6.07) is 0.447. The van der Waals surface area contributed by atoms with Crippen molar-refractivity contribution in [2.24, 2.45) is 0 Å². The normalized spacial score (nSPS) is 26.2. The smallest absolute Gasteiger partial charge is 0.253 e. The lowest BCUT2D eigenvalue weighted by Crippen LogP contribution is -2.50. The van der Waals surface area contributed by atoms with Gasteiger partial charge in [-0.1, -0.05) is 12.8 Å². The molecule has 94 valence electrons. The maximum atomic E-state index is 12.0. The van der Waals surface area contributed by atoms with E-state index in [2.05, 4.69) is 5.32 Å². The van der Waals surface area contributed by atoms with Gasteiger partial charge in [0.2, 0.25) is 0 Å². The zero-order valence-corrected chi connectivity index (χ0v) is 10.6. The van der Waals surface area contributed by atoms with Crippen LogP contribution < -0.4 is 5.32 Å². The van der Waals surface area contributed by atoms with Crippen LogP contribution in [0, 0.1) is 0 Å². The third kappa shape index (κ3) is 3.09. The number of morpholine rings is 1. The Balaban J connectivity index is 0.00000128. The highest BCUT2D eigenvalue weighted by Crippen LogP contribution is 2.23. The van der Waals surface area contributed by atoms with Gasteiger partial charge in [0.05, 0.1) is 6.61 Å². The molecule has 0 aromatic heterocycles. The molecule has 0 bridgehead atoms. The Hall–Kier alpha value is -0.320. The maximum absolute atomic E-state index is 12.0. The molecule has 0 aromatic carbocycles. The fourth-order valence-electron chi connectivity index (χ4n) is 2.42. The third-order valence-corrected chi connectivity index (χ3v) is 3.42. The number of hydrogen-bond acceptors (Lipinski definition) is 3. The van der Waals surface area contributed by atoms with E-state index < -0.39 is 0 Å². The van der Waals surface area contributed by atoms with Crippen LogP contribution in [-0.2, 0) is 9.53 Å². The number of carbonyl (C=O) groups is 1. The van der Waals surface area contributed by atoms with Crippen molar-refractivity contribution in [2.75, 3.05) is 26.7 Å². The topological polar surface area (TPSA) is 41.6 Å². The van der Waals surface area contributed by atoms with Gasteiger partial charge in [-0.15, -0.1) is 12.4 Å². The average molecular weight is 249 g/mol. The molecular formula is C11H21ClN2O2. The Morgan fingerprint density at radius 3 is 2.62 bits per heavy atom. The van der Waals surface area contributed by atoms with Gasteiger partial charge >= 0.3 is 0 Å². The second-order valence-electron chi connectivity index (χ2n) is 4.45. The first-order valence-electron chi connectivity index (χ1n) is 5.88. The summed E-state index contributed by atoms with van der Waals surface area (Å²) in [7, 11) is 1.91. The monoisotopic (exact) mass is 248 g/mol. The highest BCUT2D eigenvalue weighted by Gasteiger charge is 2.30. The van der Waals surface area contributed by atoms with E-state index in [-0.39, 0.29) is 24.4 Å². The van der Waals surface area contributed by atoms with Crippen LogP contribution in [0.25, 0.3) is 0 Å². The van der Waals surface area contributed by atoms with Crippen LogP contribution in [0.5, 0.6) is 0 Å². The zero-order valence-electron chi connectivity index (χ0n) is 9.78. The minimum Gasteiger partial charge on any atom is -0.366 e. The molecule has 1 amide bonds. The van der Waals surface area contributed by atoms with Gasteiger partial charge in [0.15, 0.2) is 0 Å². The molecule has 1 aliphatic heterocycles. The number of rotatable bonds is 2. The number of amides is 1. The van der Waals surface area contributed by atoms with E-state index in [9.17, 15) is 4.79 Å². The Morgan fingerprint density at radius 1 is 1.38 bits per heavy atom. The number of hydrogen-bond donors (Lipinski definition) is 1. The SMILES string of the molecule is CN(C(=O)C1CNCCO1)C1CCCC1.Cl. The summed E-state index contributed by atoms with van der Waals surface area (Å²) in [4.78, 5) is 13.9. The molecule has 1 N–H and O–H groups in total. The molecule has 2 fully saturated rings. The van der Waals surface area contributed by atoms with Gasteiger partial charge in [0.25, 0.3) is 5.91 Å². The Bertz CT molecular complexity index is 226. The second kappa shape index (κ2) is 6.42. The van der Waals surface area contributed by atoms with Crippen LogP contribution in [-0.4, -0.2) is 49.7 Å². The zero-order chi connectivity index (χ0) is 10.7. The van der Waals surface area contributed by atoms with E-state index in [0.29, 0.717) is 19.2 Å². The van der Waals surface area contributed by atoms with Gasteiger partial charge in [-0.25, -0.2) is 0 Å². The fraction of sp³-hybridized carbons (Fsp3) is 0.909. The molecule has 16 heavy (non-hydrogen) atoms. The van der Waals surface area contributed by atoms with E-state index in [0.717, 1.165) is 19.4 Å². The van der Waals surface area contributed by atoms with Crippen molar-refractivity contribution >= 4 is 18.3 Å². The fourth-order valence-corrected chi connectivity index (χ4v) is 2.42. The molecule has 1 atom stereocenters. The maximum Gasteiger partial charge on any atom is 0.253 e. The van der Waals surface area contributed by atoms with E-state index in [4.69, 9.17) is 4.74 Å². The molecule has 0 aromatic rings. The van der Waals surface area contributed by atoms with Gasteiger partial charge in [-0.05, 0) is 12.8 Å². The summed E-state index contributed by atoms with van der Waals surface area (Å²) >= 11 is 0. The molecule has 1 heterocycles. The van der Waals surface area contributed by atoms with E-state index in [1.54, 1.807) is 0 Å². The third-order valence-electron chi connectivity index (χ3n) is 3.42. The van der Waals surface area contributed by atoms with Gasteiger partial charge in [0.1, 0.15) is 6.10 Å². The summed E-state index contributed by atoms with van der Waals surface area (Å²) in [5, 5.41) is 3.19. The summed E-state index contributed by atoms with van der Waals surface area (Å²) in [6.45, 7) is 2.17. The van der Waals surface area contributed by atoms with Crippen LogP contribution in [0.15, 0.2) is 0 Å². The van der Waals surface area contributed by atoms with Crippen LogP contribution in [0.4, 0.5) is 0 Å². The molecule has 2 aliphatic rings. The van der Waals surface area contributed by atoms with E-state index in [1.807, 2.05) is 11.9 Å². The molecule has 1 unspecified atom stereocenters. The lowest BCUT2D eigenvalue weighted by molar-refractivity contribution is -0.145. The predicted octanol–water partition coefficient (Wildman–Crippen LogP) is 0.798. The number of nitrogens with one attached hydrogen (secondary N) is 1. The number of likely N-dealkylation sites (N-methyl/N-ethyl adjacent to an activating group) is 1. The van der Waals surface area contributed by atoms with Crippen LogP contribution in [0.2, 0.25) is 0 Å². The number of ether oxygens (including phenoxy) is 1. The number of nitrogens with zero attached hydrogens (tertiary/aromatic N) is 1. The number of halogens is 1. The summed E-state index contributed by atoms with van der Waals surface area (Å²) in [5.41, 5.74) is 0. The highest BCUT2D eigenvalue weighted by atomic mass is 35.5. The van der Waals surface area contributed by atoms with E-state index in [1.165, 1.54) is 12.8 Å². The van der Waals surface area contributed by atoms with Gasteiger partial charge in [-0.3, -0.25) is 4.79 Å². The largest absolute Gasteiger partial charge is 0.366 e. The van der Waals surface area contributed by atoms with Gasteiger partial charge in [0, 0.05) is 26.2 Å². The summed E-state index contributed by atoms with van der Waals surface area (Å²) in [5.74, 6) is 0.147. The first kappa shape index (κ1) is 13.7. The van der Waals surface area contributed by atoms with Crippen molar-refractivity contribution < 1.29 is 9.53 Å². The molecule has 1 aliphatic carbocycles. The van der Waals surface area contributed by atoms with Crippen molar-refractivity contribution in [3.8, 4) is 0 Å². The summed E-state index contributed by atoms with van der Waals surface area (Å²) in [6.07, 6.45) is 4.56. The average Bonchev–Trinajstić information content (AvgIpc) is 2.82. The summed E-state index contributed by atoms with van der Waals surface area (Å²) < 4.78 is 5.47. The van der Waals surface area contributed by atoms with Crippen molar-refractivity contribution in [3.63, 3.8) is 0 Å². The predicted molar refractivity (Wildman–Crippen MR) is 64.9 cm³/mol. The van der Waals surface area contributed by atoms with Crippen molar-refractivity contribution in [1.82, 2.24) is 10.2 Å². The van der Waals surface area contributed by atoms with Crippen LogP contribution in [0.1, 0.15) is 25.7 Å². The van der Waals surface area contributed by atoms with Crippen molar-refractivity contribution in [2.45, 2.75) is 37.8 Å². The molecule has 0 radical (unpaired) electrons. The van der Waals surface area contributed by atoms with Crippen molar-refractivity contribution in [3.05, 3.63) is 0 Å². The Labute approximate surface area is 103 Å². The highest BCUT2D eigenvalue weighted by molar-refractivity contribution is 5.85. The van der Waals surface area contributed by atoms with E-state index >= 15 is 0 Å². The van der Waals surface area contributed by atoms with Gasteiger partial charge in [-0.2, -0.15) is 0 Å². The second-order valence-corrected chi connectivity index (χ2v) is 4.45. The Morgan fingerprint density at radius 2 is 2.06 bits per heavy atom. The van der Waals surface area contributed by atoms with Gasteiger partial charge < -0.3 is 15.0 Å². The minimum atomic E-state index is -0.260. The number of carbonyl (C=O) groups excluding carboxylic acids is 1. The molecule has 4 nitrogen and oxygen atoms in total. The molecule has 0 spiro atoms. The first-order chi connectivity index (χ1) is 7.29. The molecular weight excluding hydrogens is 228 g/mol. The molecule has 1 saturated carbocycles. The molecule has 2 rings (SSSR count). The van der Waals surface area contributed by atoms with Crippen molar-refractivity contribution in [1.29, 1.82) is 0 Å². The molecule has 1 saturated heterocycles. The molecule has 5 heteroatoms. The quantitative estimate of drug-likeness (QED) is 0.786. The minimum absolute atomic E-state index is 0. The first-order valence-corrected chi connectivity index (χ1v) is 5.88. The van der Waals surface area contributed by atoms with Crippen LogP contribution in [0.3, 0.4) is 0 Å². The standard InChI is InChI=1S/C11H20N2O2.ClH/c1-13(9-4-2-3-5-9)11(14)10-8-12-6-7-15-10;/h9-10,12H,2-8H2,1H3;1H. The Kier molecular flexibility index (Phi) is 5.52. The lowest BCUT2D eigenvalue weighted by atomic mass is 10.2. The lowest BCUT2D eigenvalue weighted by Gasteiger charge is -2.30.